The molecule has 0 aromatic heterocycles. The van der Waals surface area contributed by atoms with Crippen molar-refractivity contribution in [2.24, 2.45) is 0 Å². The molecule has 0 aliphatic carbocycles. The highest BCUT2D eigenvalue weighted by atomic mass is 79.9. The molecule has 0 atom stereocenters. The molecule has 0 unspecified atom stereocenters. The van der Waals surface area contributed by atoms with Crippen LogP contribution in [0.15, 0.2) is 64.0 Å². The summed E-state index contributed by atoms with van der Waals surface area (Å²) in [6.45, 7) is 0.762. The van der Waals surface area contributed by atoms with Gasteiger partial charge in [0.05, 0.1) is 22.2 Å². The number of halogens is 1. The maximum atomic E-state index is 12.9. The number of rotatable bonds is 7. The van der Waals surface area contributed by atoms with Gasteiger partial charge in [-0.05, 0) is 63.8 Å². The lowest BCUT2D eigenvalue weighted by Gasteiger charge is -2.17. The van der Waals surface area contributed by atoms with E-state index in [0.29, 0.717) is 24.6 Å². The Morgan fingerprint density at radius 1 is 1.06 bits per heavy atom. The highest BCUT2D eigenvalue weighted by molar-refractivity contribution is 9.10. The van der Waals surface area contributed by atoms with E-state index >= 15 is 0 Å². The SMILES string of the molecule is COc1ccc(S(=O)(=O)N2CCCC2)cc1NC(=O)COc1ccc2ccccc2c1Br. The summed E-state index contributed by atoms with van der Waals surface area (Å²) in [4.78, 5) is 12.7. The standard InChI is InChI=1S/C23H23BrN2O5S/c1-30-20-11-9-17(32(28,29)26-12-4-5-13-26)14-19(20)25-22(27)15-31-21-10-8-16-6-2-3-7-18(16)23(21)24/h2-3,6-11,14H,4-5,12-13,15H2,1H3,(H,25,27). The molecule has 1 fully saturated rings. The molecular weight excluding hydrogens is 496 g/mol. The first kappa shape index (κ1) is 22.6. The number of carbonyl (C=O) groups is 1. The van der Waals surface area contributed by atoms with Gasteiger partial charge in [0.25, 0.3) is 5.91 Å². The van der Waals surface area contributed by atoms with E-state index in [4.69, 9.17) is 9.47 Å². The number of sulfonamides is 1. The zero-order valence-electron chi connectivity index (χ0n) is 17.5. The van der Waals surface area contributed by atoms with Gasteiger partial charge in [0, 0.05) is 13.1 Å². The third-order valence-corrected chi connectivity index (χ3v) is 8.05. The van der Waals surface area contributed by atoms with Crippen molar-refractivity contribution in [2.45, 2.75) is 17.7 Å². The molecule has 7 nitrogen and oxygen atoms in total. The normalized spacial score (nSPS) is 14.4. The molecule has 3 aromatic carbocycles. The van der Waals surface area contributed by atoms with Crippen molar-refractivity contribution < 1.29 is 22.7 Å². The van der Waals surface area contributed by atoms with Crippen molar-refractivity contribution in [3.05, 3.63) is 59.1 Å². The van der Waals surface area contributed by atoms with E-state index in [0.717, 1.165) is 28.1 Å². The summed E-state index contributed by atoms with van der Waals surface area (Å²) in [5.74, 6) is 0.473. The van der Waals surface area contributed by atoms with E-state index in [9.17, 15) is 13.2 Å². The first-order chi connectivity index (χ1) is 15.4. The van der Waals surface area contributed by atoms with E-state index in [1.807, 2.05) is 30.3 Å². The topological polar surface area (TPSA) is 84.9 Å². The van der Waals surface area contributed by atoms with Gasteiger partial charge in [-0.25, -0.2) is 8.42 Å². The number of hydrogen-bond acceptors (Lipinski definition) is 5. The van der Waals surface area contributed by atoms with Crippen LogP contribution in [0.5, 0.6) is 11.5 Å². The predicted molar refractivity (Wildman–Crippen MR) is 127 cm³/mol. The molecule has 0 bridgehead atoms. The molecule has 1 aliphatic heterocycles. The van der Waals surface area contributed by atoms with Crippen molar-refractivity contribution in [2.75, 3.05) is 32.1 Å². The molecule has 0 saturated carbocycles. The van der Waals surface area contributed by atoms with Crippen LogP contribution in [0.2, 0.25) is 0 Å². The quantitative estimate of drug-likeness (QED) is 0.500. The number of ether oxygens (including phenoxy) is 2. The van der Waals surface area contributed by atoms with Crippen LogP contribution in [0.4, 0.5) is 5.69 Å². The summed E-state index contributed by atoms with van der Waals surface area (Å²) in [6.07, 6.45) is 1.70. The first-order valence-electron chi connectivity index (χ1n) is 10.2. The first-order valence-corrected chi connectivity index (χ1v) is 12.4. The van der Waals surface area contributed by atoms with Crippen LogP contribution in [-0.2, 0) is 14.8 Å². The summed E-state index contributed by atoms with van der Waals surface area (Å²) >= 11 is 3.54. The number of fused-ring (bicyclic) bond motifs is 1. The van der Waals surface area contributed by atoms with Crippen LogP contribution in [0.1, 0.15) is 12.8 Å². The minimum absolute atomic E-state index is 0.119. The van der Waals surface area contributed by atoms with Crippen molar-refractivity contribution in [3.63, 3.8) is 0 Å². The van der Waals surface area contributed by atoms with Gasteiger partial charge in [-0.2, -0.15) is 4.31 Å². The Labute approximate surface area is 195 Å². The molecule has 9 heteroatoms. The summed E-state index contributed by atoms with van der Waals surface area (Å²) in [7, 11) is -2.15. The van der Waals surface area contributed by atoms with Gasteiger partial charge in [-0.3, -0.25) is 4.79 Å². The van der Waals surface area contributed by atoms with E-state index < -0.39 is 15.9 Å². The van der Waals surface area contributed by atoms with Gasteiger partial charge in [0.1, 0.15) is 11.5 Å². The molecule has 1 amide bonds. The molecule has 0 radical (unpaired) electrons. The molecule has 4 rings (SSSR count). The van der Waals surface area contributed by atoms with E-state index in [1.54, 1.807) is 12.1 Å². The van der Waals surface area contributed by atoms with Crippen molar-refractivity contribution in [3.8, 4) is 11.5 Å². The fourth-order valence-corrected chi connectivity index (χ4v) is 5.83. The molecule has 0 spiro atoms. The second kappa shape index (κ2) is 9.48. The number of hydrogen-bond donors (Lipinski definition) is 1. The average Bonchev–Trinajstić information content (AvgIpc) is 3.35. The van der Waals surface area contributed by atoms with Crippen molar-refractivity contribution in [1.29, 1.82) is 0 Å². The number of nitrogens with one attached hydrogen (secondary N) is 1. The lowest BCUT2D eigenvalue weighted by molar-refractivity contribution is -0.118. The Kier molecular flexibility index (Phi) is 6.68. The molecule has 1 aliphatic rings. The van der Waals surface area contributed by atoms with Gasteiger partial charge in [-0.15, -0.1) is 0 Å². The number of anilines is 1. The highest BCUT2D eigenvalue weighted by Gasteiger charge is 2.28. The maximum Gasteiger partial charge on any atom is 0.262 e. The molecular formula is C23H23BrN2O5S. The Morgan fingerprint density at radius 3 is 2.53 bits per heavy atom. The molecule has 1 heterocycles. The minimum Gasteiger partial charge on any atom is -0.495 e. The fourth-order valence-electron chi connectivity index (χ4n) is 3.68. The highest BCUT2D eigenvalue weighted by Crippen LogP contribution is 2.33. The van der Waals surface area contributed by atoms with E-state index in [1.165, 1.54) is 23.5 Å². The van der Waals surface area contributed by atoms with Crippen LogP contribution in [0, 0.1) is 0 Å². The number of benzene rings is 3. The van der Waals surface area contributed by atoms with Gasteiger partial charge in [-0.1, -0.05) is 30.3 Å². The van der Waals surface area contributed by atoms with E-state index in [2.05, 4.69) is 21.2 Å². The monoisotopic (exact) mass is 518 g/mol. The number of methoxy groups -OCH3 is 1. The van der Waals surface area contributed by atoms with E-state index in [-0.39, 0.29) is 17.2 Å². The summed E-state index contributed by atoms with van der Waals surface area (Å²) in [5, 5.41) is 4.74. The maximum absolute atomic E-state index is 12.9. The molecule has 1 saturated heterocycles. The van der Waals surface area contributed by atoms with Crippen molar-refractivity contribution >= 4 is 48.3 Å². The van der Waals surface area contributed by atoms with Crippen LogP contribution in [-0.4, -0.2) is 45.4 Å². The lowest BCUT2D eigenvalue weighted by atomic mass is 10.1. The van der Waals surface area contributed by atoms with Gasteiger partial charge in [0.2, 0.25) is 10.0 Å². The predicted octanol–water partition coefficient (Wildman–Crippen LogP) is 4.41. The molecule has 168 valence electrons. The molecule has 32 heavy (non-hydrogen) atoms. The number of amides is 1. The van der Waals surface area contributed by atoms with Crippen LogP contribution in [0.3, 0.4) is 0 Å². The second-order valence-electron chi connectivity index (χ2n) is 7.41. The summed E-state index contributed by atoms with van der Waals surface area (Å²) in [6, 6.07) is 16.0. The Morgan fingerprint density at radius 2 is 1.78 bits per heavy atom. The smallest absolute Gasteiger partial charge is 0.262 e. The summed E-state index contributed by atoms with van der Waals surface area (Å²) in [5.41, 5.74) is 0.277. The summed E-state index contributed by atoms with van der Waals surface area (Å²) < 4.78 is 39.0. The van der Waals surface area contributed by atoms with Crippen molar-refractivity contribution in [1.82, 2.24) is 4.31 Å². The molecule has 1 N–H and O–H groups in total. The molecule has 3 aromatic rings. The Bertz CT molecular complexity index is 1260. The minimum atomic E-state index is -3.61. The third kappa shape index (κ3) is 4.60. The second-order valence-corrected chi connectivity index (χ2v) is 10.1. The Hall–Kier alpha value is -2.62. The third-order valence-electron chi connectivity index (χ3n) is 5.33. The Balaban J connectivity index is 1.50. The zero-order valence-corrected chi connectivity index (χ0v) is 19.9. The zero-order chi connectivity index (χ0) is 22.7. The average molecular weight is 519 g/mol. The van der Waals surface area contributed by atoms with Gasteiger partial charge >= 0.3 is 0 Å². The van der Waals surface area contributed by atoms with Crippen LogP contribution >= 0.6 is 15.9 Å². The largest absolute Gasteiger partial charge is 0.495 e. The number of carbonyl (C=O) groups excluding carboxylic acids is 1. The van der Waals surface area contributed by atoms with Gasteiger partial charge in [0.15, 0.2) is 6.61 Å². The lowest BCUT2D eigenvalue weighted by Crippen LogP contribution is -2.28. The van der Waals surface area contributed by atoms with Crippen LogP contribution < -0.4 is 14.8 Å². The van der Waals surface area contributed by atoms with Crippen LogP contribution in [0.25, 0.3) is 10.8 Å². The fraction of sp³-hybridized carbons (Fsp3) is 0.261. The number of nitrogens with zero attached hydrogens (tertiary/aromatic N) is 1. The van der Waals surface area contributed by atoms with Gasteiger partial charge < -0.3 is 14.8 Å².